The number of nitrogens with zero attached hydrogens (tertiary/aromatic N) is 4. The second-order valence-electron chi connectivity index (χ2n) is 6.95. The highest BCUT2D eigenvalue weighted by molar-refractivity contribution is 5.70. The number of nitrogens with one attached hydrogen (secondary N) is 2. The first-order chi connectivity index (χ1) is 11.3. The molecule has 0 bridgehead atoms. The first-order valence-corrected chi connectivity index (χ1v) is 8.56. The summed E-state index contributed by atoms with van der Waals surface area (Å²) < 4.78 is 2.29. The van der Waals surface area contributed by atoms with Crippen molar-refractivity contribution in [1.29, 1.82) is 0 Å². The molecule has 0 spiro atoms. The van der Waals surface area contributed by atoms with Gasteiger partial charge in [0.2, 0.25) is 0 Å². The van der Waals surface area contributed by atoms with Gasteiger partial charge in [-0.2, -0.15) is 5.10 Å². The van der Waals surface area contributed by atoms with Crippen molar-refractivity contribution >= 4 is 17.9 Å². The van der Waals surface area contributed by atoms with Crippen LogP contribution in [0.5, 0.6) is 0 Å². The molecule has 6 heteroatoms. The van der Waals surface area contributed by atoms with Gasteiger partial charge in [0.15, 0.2) is 11.1 Å². The smallest absolute Gasteiger partial charge is 0.174 e. The van der Waals surface area contributed by atoms with E-state index < -0.39 is 0 Å². The third kappa shape index (κ3) is 2.61. The van der Waals surface area contributed by atoms with Crippen molar-refractivity contribution in [3.8, 4) is 0 Å². The zero-order valence-electron chi connectivity index (χ0n) is 13.6. The number of rotatable bonds is 4. The van der Waals surface area contributed by atoms with Crippen LogP contribution in [-0.2, 0) is 0 Å². The molecule has 2 saturated carbocycles. The van der Waals surface area contributed by atoms with Crippen molar-refractivity contribution in [1.82, 2.24) is 19.9 Å². The highest BCUT2D eigenvalue weighted by atomic mass is 15.2. The summed E-state index contributed by atoms with van der Waals surface area (Å²) in [5, 5.41) is 11.8. The molecule has 122 valence electrons. The van der Waals surface area contributed by atoms with Crippen LogP contribution in [0.15, 0.2) is 28.7 Å². The molecule has 2 N–H and O–H groups in total. The van der Waals surface area contributed by atoms with Crippen LogP contribution < -0.4 is 10.8 Å². The molecule has 0 radical (unpaired) electrons. The van der Waals surface area contributed by atoms with Crippen molar-refractivity contribution in [2.75, 3.05) is 0 Å². The molecule has 2 aromatic rings. The molecule has 0 saturated heterocycles. The number of fused-ring (bicyclic) bond motifs is 1. The summed E-state index contributed by atoms with van der Waals surface area (Å²) in [5.74, 6) is 0.594. The lowest BCUT2D eigenvalue weighted by atomic mass is 9.92. The van der Waals surface area contributed by atoms with Crippen molar-refractivity contribution in [2.45, 2.75) is 57.2 Å². The van der Waals surface area contributed by atoms with E-state index in [1.54, 1.807) is 6.20 Å². The average Bonchev–Trinajstić information content (AvgIpc) is 3.10. The summed E-state index contributed by atoms with van der Waals surface area (Å²) in [5.41, 5.74) is 2.78. The van der Waals surface area contributed by atoms with Crippen LogP contribution in [0, 0.1) is 5.92 Å². The number of aromatic nitrogens is 3. The van der Waals surface area contributed by atoms with Crippen molar-refractivity contribution < 1.29 is 0 Å². The topological polar surface area (TPSA) is 70.4 Å². The highest BCUT2D eigenvalue weighted by Crippen LogP contribution is 2.37. The second-order valence-corrected chi connectivity index (χ2v) is 6.95. The molecule has 23 heavy (non-hydrogen) atoms. The summed E-state index contributed by atoms with van der Waals surface area (Å²) in [6.45, 7) is 5.84. The number of hydrogen-bond acceptors (Lipinski definition) is 4. The van der Waals surface area contributed by atoms with Crippen LogP contribution in [0.25, 0.3) is 11.2 Å². The summed E-state index contributed by atoms with van der Waals surface area (Å²) in [7, 11) is 0. The fraction of sp³-hybridized carbons (Fsp3) is 0.588. The predicted octanol–water partition coefficient (Wildman–Crippen LogP) is 2.36. The Bertz CT molecular complexity index is 769. The van der Waals surface area contributed by atoms with E-state index in [2.05, 4.69) is 49.8 Å². The van der Waals surface area contributed by atoms with E-state index in [0.29, 0.717) is 18.0 Å². The molecule has 0 amide bonds. The van der Waals surface area contributed by atoms with Gasteiger partial charge in [-0.05, 0) is 37.7 Å². The normalized spacial score (nSPS) is 29.1. The fourth-order valence-corrected chi connectivity index (χ4v) is 4.08. The van der Waals surface area contributed by atoms with Crippen molar-refractivity contribution in [3.05, 3.63) is 23.9 Å². The minimum Gasteiger partial charge on any atom is -0.345 e. The molecule has 2 fully saturated rings. The van der Waals surface area contributed by atoms with E-state index >= 15 is 0 Å². The third-order valence-corrected chi connectivity index (χ3v) is 5.44. The molecule has 2 aromatic heterocycles. The van der Waals surface area contributed by atoms with Gasteiger partial charge >= 0.3 is 0 Å². The van der Waals surface area contributed by atoms with Crippen LogP contribution in [-0.4, -0.2) is 33.3 Å². The first-order valence-electron chi connectivity index (χ1n) is 8.56. The van der Waals surface area contributed by atoms with Crippen LogP contribution in [0.3, 0.4) is 0 Å². The molecule has 6 nitrogen and oxygen atoms in total. The summed E-state index contributed by atoms with van der Waals surface area (Å²) >= 11 is 0. The molecule has 0 aliphatic heterocycles. The molecule has 0 aromatic carbocycles. The maximum Gasteiger partial charge on any atom is 0.174 e. The van der Waals surface area contributed by atoms with Crippen LogP contribution in [0.2, 0.25) is 0 Å². The van der Waals surface area contributed by atoms with E-state index in [0.717, 1.165) is 29.1 Å². The maximum atomic E-state index is 4.43. The zero-order chi connectivity index (χ0) is 15.8. The number of hydrogen-bond donors (Lipinski definition) is 2. The predicted molar refractivity (Wildman–Crippen MR) is 91.2 cm³/mol. The quantitative estimate of drug-likeness (QED) is 0.672. The van der Waals surface area contributed by atoms with E-state index in [1.807, 2.05) is 6.20 Å². The molecular weight excluding hydrogens is 288 g/mol. The Morgan fingerprint density at radius 1 is 1.35 bits per heavy atom. The monoisotopic (exact) mass is 312 g/mol. The number of aromatic amines is 1. The van der Waals surface area contributed by atoms with Crippen molar-refractivity contribution in [3.63, 3.8) is 0 Å². The van der Waals surface area contributed by atoms with Gasteiger partial charge < -0.3 is 14.9 Å². The Morgan fingerprint density at radius 2 is 2.22 bits per heavy atom. The number of H-pyrrole nitrogens is 1. The van der Waals surface area contributed by atoms with Gasteiger partial charge in [0, 0.05) is 31.0 Å². The lowest BCUT2D eigenvalue weighted by Crippen LogP contribution is -2.41. The molecule has 4 rings (SSSR count). The summed E-state index contributed by atoms with van der Waals surface area (Å²) in [4.78, 5) is 7.63. The van der Waals surface area contributed by atoms with E-state index in [9.17, 15) is 0 Å². The van der Waals surface area contributed by atoms with Gasteiger partial charge in [-0.25, -0.2) is 4.98 Å². The Morgan fingerprint density at radius 3 is 2.96 bits per heavy atom. The van der Waals surface area contributed by atoms with Crippen LogP contribution >= 0.6 is 0 Å². The summed E-state index contributed by atoms with van der Waals surface area (Å²) in [6.07, 6.45) is 10.1. The van der Waals surface area contributed by atoms with Gasteiger partial charge in [0.05, 0.1) is 11.7 Å². The van der Waals surface area contributed by atoms with Gasteiger partial charge in [-0.3, -0.25) is 0 Å². The van der Waals surface area contributed by atoms with Gasteiger partial charge in [-0.15, -0.1) is 5.10 Å². The molecule has 2 aliphatic carbocycles. The Hall–Kier alpha value is -1.95. The van der Waals surface area contributed by atoms with E-state index in [1.165, 1.54) is 25.7 Å². The largest absolute Gasteiger partial charge is 0.345 e. The molecular formula is C17H24N6. The summed E-state index contributed by atoms with van der Waals surface area (Å²) in [6, 6.07) is 3.82. The highest BCUT2D eigenvalue weighted by Gasteiger charge is 2.35. The van der Waals surface area contributed by atoms with Gasteiger partial charge in [0.1, 0.15) is 0 Å². The molecule has 2 aliphatic rings. The minimum atomic E-state index is 0.411. The zero-order valence-corrected chi connectivity index (χ0v) is 13.6. The van der Waals surface area contributed by atoms with Crippen molar-refractivity contribution in [2.24, 2.45) is 16.1 Å². The minimum absolute atomic E-state index is 0.411. The van der Waals surface area contributed by atoms with E-state index in [-0.39, 0.29) is 0 Å². The third-order valence-electron chi connectivity index (χ3n) is 5.44. The Kier molecular flexibility index (Phi) is 3.77. The van der Waals surface area contributed by atoms with Gasteiger partial charge in [0.25, 0.3) is 0 Å². The van der Waals surface area contributed by atoms with E-state index in [4.69, 9.17) is 0 Å². The molecule has 1 unspecified atom stereocenters. The average molecular weight is 312 g/mol. The fourth-order valence-electron chi connectivity index (χ4n) is 4.08. The lowest BCUT2D eigenvalue weighted by molar-refractivity contribution is 0.300. The first kappa shape index (κ1) is 14.6. The van der Waals surface area contributed by atoms with Crippen LogP contribution in [0.1, 0.15) is 45.1 Å². The molecule has 2 heterocycles. The SMILES string of the molecule is C=N/N=c1/cnc2[nH]ccc2n1C1C[C@H](NC2CCC2)C[C@@H]1C. The Balaban J connectivity index is 1.70. The second kappa shape index (κ2) is 5.92. The van der Waals surface area contributed by atoms with Gasteiger partial charge in [-0.1, -0.05) is 13.3 Å². The Labute approximate surface area is 135 Å². The molecule has 3 atom stereocenters. The van der Waals surface area contributed by atoms with Crippen LogP contribution in [0.4, 0.5) is 0 Å². The standard InChI is InChI=1S/C17H24N6/c1-11-8-13(21-12-4-3-5-12)9-15(11)23-14-6-7-19-17(14)20-10-16(23)22-18-2/h6-7,10-13,15,19,21H,2-5,8-9H2,1H3/b22-16-/t11-,13+,15?/m0/s1. The maximum absolute atomic E-state index is 4.43. The lowest BCUT2D eigenvalue weighted by Gasteiger charge is -2.30.